The number of hydrogen-bond donors (Lipinski definition) is 1. The van der Waals surface area contributed by atoms with Crippen molar-refractivity contribution in [2.24, 2.45) is 24.1 Å². The van der Waals surface area contributed by atoms with Gasteiger partial charge < -0.3 is 5.73 Å². The molecule has 0 aromatic carbocycles. The molecule has 0 bridgehead atoms. The number of nitrogens with two attached hydrogens (primary N) is 1. The Morgan fingerprint density at radius 2 is 2.11 bits per heavy atom. The van der Waals surface area contributed by atoms with E-state index in [1.54, 1.807) is 7.05 Å². The molecule has 0 saturated carbocycles. The van der Waals surface area contributed by atoms with E-state index < -0.39 is 0 Å². The zero-order chi connectivity index (χ0) is 13.8. The largest absolute Gasteiger partial charge is 0.330 e. The van der Waals surface area contributed by atoms with Crippen molar-refractivity contribution in [1.82, 2.24) is 15.0 Å². The molecule has 0 amide bonds. The van der Waals surface area contributed by atoms with Crippen LogP contribution in [0.25, 0.3) is 0 Å². The van der Waals surface area contributed by atoms with Gasteiger partial charge >= 0.3 is 0 Å². The summed E-state index contributed by atoms with van der Waals surface area (Å²) in [5, 5.41) is 7.50. The lowest BCUT2D eigenvalue weighted by Crippen LogP contribution is -2.24. The van der Waals surface area contributed by atoms with Gasteiger partial charge in [0.1, 0.15) is 5.69 Å². The first-order chi connectivity index (χ1) is 8.36. The number of aryl methyl sites for hydroxylation is 1. The van der Waals surface area contributed by atoms with E-state index >= 15 is 0 Å². The first-order valence-electron chi connectivity index (χ1n) is 6.44. The highest BCUT2D eigenvalue weighted by Crippen LogP contribution is 2.32. The summed E-state index contributed by atoms with van der Waals surface area (Å²) in [5.74, 6) is 0.571. The van der Waals surface area contributed by atoms with Crippen LogP contribution in [0, 0.1) is 11.3 Å². The van der Waals surface area contributed by atoms with Gasteiger partial charge in [-0.25, -0.2) is 4.68 Å². The van der Waals surface area contributed by atoms with Gasteiger partial charge in [-0.15, -0.1) is 5.10 Å². The average Bonchev–Trinajstić information content (AvgIpc) is 2.68. The summed E-state index contributed by atoms with van der Waals surface area (Å²) in [6.45, 7) is 7.26. The molecule has 1 unspecified atom stereocenters. The van der Waals surface area contributed by atoms with Crippen molar-refractivity contribution in [2.45, 2.75) is 40.0 Å². The quantitative estimate of drug-likeness (QED) is 0.783. The number of rotatable bonds is 6. The molecule has 0 aliphatic carbocycles. The van der Waals surface area contributed by atoms with Crippen LogP contribution in [-0.4, -0.2) is 27.3 Å². The van der Waals surface area contributed by atoms with Gasteiger partial charge in [-0.1, -0.05) is 26.0 Å². The molecule has 1 rings (SSSR count). The SMILES string of the molecule is Cn1nncc1C(=O)CCC(CCN)C(C)(C)C. The minimum atomic E-state index is 0.105. The Morgan fingerprint density at radius 1 is 1.44 bits per heavy atom. The van der Waals surface area contributed by atoms with Crippen LogP contribution in [0.3, 0.4) is 0 Å². The molecule has 0 aliphatic rings. The van der Waals surface area contributed by atoms with Crippen molar-refractivity contribution in [3.63, 3.8) is 0 Å². The molecule has 0 radical (unpaired) electrons. The van der Waals surface area contributed by atoms with Crippen molar-refractivity contribution < 1.29 is 4.79 Å². The predicted molar refractivity (Wildman–Crippen MR) is 71.2 cm³/mol. The third-order valence-corrected chi connectivity index (χ3v) is 3.46. The monoisotopic (exact) mass is 252 g/mol. The summed E-state index contributed by atoms with van der Waals surface area (Å²) in [6.07, 6.45) is 3.88. The fraction of sp³-hybridized carbons (Fsp3) is 0.769. The molecule has 1 aromatic rings. The summed E-state index contributed by atoms with van der Waals surface area (Å²) >= 11 is 0. The standard InChI is InChI=1S/C13H24N4O/c1-13(2,3)10(7-8-14)5-6-12(18)11-9-15-16-17(11)4/h9-10H,5-8,14H2,1-4H3. The number of carbonyl (C=O) groups excluding carboxylic acids is 1. The van der Waals surface area contributed by atoms with E-state index in [0.29, 0.717) is 24.6 Å². The van der Waals surface area contributed by atoms with E-state index in [4.69, 9.17) is 5.73 Å². The van der Waals surface area contributed by atoms with Crippen LogP contribution < -0.4 is 5.73 Å². The summed E-state index contributed by atoms with van der Waals surface area (Å²) in [4.78, 5) is 12.0. The van der Waals surface area contributed by atoms with Gasteiger partial charge in [0.05, 0.1) is 6.20 Å². The highest BCUT2D eigenvalue weighted by molar-refractivity contribution is 5.94. The molecule has 0 spiro atoms. The highest BCUT2D eigenvalue weighted by atomic mass is 16.1. The highest BCUT2D eigenvalue weighted by Gasteiger charge is 2.25. The van der Waals surface area contributed by atoms with Crippen LogP contribution in [-0.2, 0) is 7.05 Å². The fourth-order valence-electron chi connectivity index (χ4n) is 2.19. The van der Waals surface area contributed by atoms with Gasteiger partial charge in [0, 0.05) is 13.5 Å². The van der Waals surface area contributed by atoms with Gasteiger partial charge in [-0.05, 0) is 30.7 Å². The second kappa shape index (κ2) is 6.09. The molecule has 1 atom stereocenters. The number of hydrogen-bond acceptors (Lipinski definition) is 4. The lowest BCUT2D eigenvalue weighted by atomic mass is 9.76. The van der Waals surface area contributed by atoms with Crippen molar-refractivity contribution in [3.8, 4) is 0 Å². The van der Waals surface area contributed by atoms with E-state index in [1.807, 2.05) is 0 Å². The first kappa shape index (κ1) is 14.8. The number of ketones is 1. The topological polar surface area (TPSA) is 73.8 Å². The van der Waals surface area contributed by atoms with Crippen molar-refractivity contribution in [2.75, 3.05) is 6.54 Å². The van der Waals surface area contributed by atoms with Crippen molar-refractivity contribution >= 4 is 5.78 Å². The molecular weight excluding hydrogens is 228 g/mol. The lowest BCUT2D eigenvalue weighted by molar-refractivity contribution is 0.0948. The van der Waals surface area contributed by atoms with Crippen LogP contribution >= 0.6 is 0 Å². The van der Waals surface area contributed by atoms with Crippen LogP contribution in [0.4, 0.5) is 0 Å². The molecule has 0 aliphatic heterocycles. The molecule has 0 fully saturated rings. The van der Waals surface area contributed by atoms with Crippen molar-refractivity contribution in [3.05, 3.63) is 11.9 Å². The summed E-state index contributed by atoms with van der Waals surface area (Å²) < 4.78 is 1.53. The Labute approximate surface area is 109 Å². The Bertz CT molecular complexity index is 392. The third kappa shape index (κ3) is 3.91. The molecule has 5 nitrogen and oxygen atoms in total. The van der Waals surface area contributed by atoms with Crippen LogP contribution in [0.2, 0.25) is 0 Å². The van der Waals surface area contributed by atoms with Gasteiger partial charge in [-0.2, -0.15) is 0 Å². The van der Waals surface area contributed by atoms with Crippen LogP contribution in [0.15, 0.2) is 6.20 Å². The van der Waals surface area contributed by atoms with Gasteiger partial charge in [-0.3, -0.25) is 4.79 Å². The lowest BCUT2D eigenvalue weighted by Gasteiger charge is -2.30. The Morgan fingerprint density at radius 3 is 2.56 bits per heavy atom. The van der Waals surface area contributed by atoms with E-state index in [-0.39, 0.29) is 11.2 Å². The number of carbonyl (C=O) groups is 1. The van der Waals surface area contributed by atoms with Crippen LogP contribution in [0.1, 0.15) is 50.5 Å². The zero-order valence-electron chi connectivity index (χ0n) is 11.8. The van der Waals surface area contributed by atoms with E-state index in [1.165, 1.54) is 10.9 Å². The van der Waals surface area contributed by atoms with Crippen LogP contribution in [0.5, 0.6) is 0 Å². The molecule has 102 valence electrons. The smallest absolute Gasteiger partial charge is 0.182 e. The Kier molecular flexibility index (Phi) is 5.02. The molecule has 0 saturated heterocycles. The summed E-state index contributed by atoms with van der Waals surface area (Å²) in [7, 11) is 1.74. The molecular formula is C13H24N4O. The number of nitrogens with zero attached hydrogens (tertiary/aromatic N) is 3. The minimum absolute atomic E-state index is 0.105. The predicted octanol–water partition coefficient (Wildman–Crippen LogP) is 1.79. The molecule has 1 aromatic heterocycles. The molecule has 18 heavy (non-hydrogen) atoms. The maximum absolute atomic E-state index is 12.0. The number of Topliss-reactive ketones (excluding diaryl/α,β-unsaturated/α-hetero) is 1. The van der Waals surface area contributed by atoms with Gasteiger partial charge in [0.2, 0.25) is 0 Å². The van der Waals surface area contributed by atoms with Gasteiger partial charge in [0.15, 0.2) is 5.78 Å². The molecule has 5 heteroatoms. The van der Waals surface area contributed by atoms with E-state index in [0.717, 1.165) is 12.8 Å². The molecule has 2 N–H and O–H groups in total. The van der Waals surface area contributed by atoms with Crippen molar-refractivity contribution in [1.29, 1.82) is 0 Å². The molecule has 1 heterocycles. The first-order valence-corrected chi connectivity index (χ1v) is 6.44. The second-order valence-electron chi connectivity index (χ2n) is 5.85. The van der Waals surface area contributed by atoms with E-state index in [9.17, 15) is 4.79 Å². The maximum Gasteiger partial charge on any atom is 0.182 e. The zero-order valence-corrected chi connectivity index (χ0v) is 11.8. The van der Waals surface area contributed by atoms with E-state index in [2.05, 4.69) is 31.1 Å². The second-order valence-corrected chi connectivity index (χ2v) is 5.85. The summed E-state index contributed by atoms with van der Waals surface area (Å²) in [6, 6.07) is 0. The third-order valence-electron chi connectivity index (χ3n) is 3.46. The summed E-state index contributed by atoms with van der Waals surface area (Å²) in [5.41, 5.74) is 6.41. The fourth-order valence-corrected chi connectivity index (χ4v) is 2.19. The Hall–Kier alpha value is -1.23. The maximum atomic E-state index is 12.0. The Balaban J connectivity index is 2.58. The average molecular weight is 252 g/mol. The normalized spacial score (nSPS) is 13.6. The van der Waals surface area contributed by atoms with Gasteiger partial charge in [0.25, 0.3) is 0 Å². The number of aromatic nitrogens is 3. The minimum Gasteiger partial charge on any atom is -0.330 e.